The van der Waals surface area contributed by atoms with Crippen LogP contribution < -0.4 is 10.2 Å². The number of para-hydroxylation sites is 1. The van der Waals surface area contributed by atoms with Gasteiger partial charge in [0.05, 0.1) is 16.4 Å². The molecule has 150 valence electrons. The zero-order chi connectivity index (χ0) is 20.3. The fourth-order valence-corrected chi connectivity index (χ4v) is 4.73. The molecule has 1 saturated heterocycles. The van der Waals surface area contributed by atoms with Gasteiger partial charge < -0.3 is 10.2 Å². The van der Waals surface area contributed by atoms with Crippen molar-refractivity contribution in [1.29, 1.82) is 0 Å². The summed E-state index contributed by atoms with van der Waals surface area (Å²) in [5, 5.41) is 4.06. The quantitative estimate of drug-likeness (QED) is 0.527. The van der Waals surface area contributed by atoms with Gasteiger partial charge in [-0.05, 0) is 49.2 Å². The van der Waals surface area contributed by atoms with E-state index in [0.717, 1.165) is 53.5 Å². The molecule has 2 aromatic heterocycles. The Kier molecular flexibility index (Phi) is 5.11. The predicted molar refractivity (Wildman–Crippen MR) is 121 cm³/mol. The number of amides is 1. The smallest absolute Gasteiger partial charge is 0.227 e. The highest BCUT2D eigenvalue weighted by molar-refractivity contribution is 7.21. The molecular weight excluding hydrogens is 394 g/mol. The van der Waals surface area contributed by atoms with Crippen LogP contribution in [0.25, 0.3) is 20.8 Å². The third kappa shape index (κ3) is 3.89. The first-order chi connectivity index (χ1) is 14.8. The SMILES string of the molecule is O=C(Nc1ccc(-c2nc3ccccc3s2)cc1)C1CCN(c2cnccn2)CC1. The molecule has 3 heterocycles. The van der Waals surface area contributed by atoms with Crippen molar-refractivity contribution in [2.45, 2.75) is 12.8 Å². The molecule has 0 spiro atoms. The minimum Gasteiger partial charge on any atom is -0.355 e. The normalized spacial score (nSPS) is 14.7. The third-order valence-electron chi connectivity index (χ3n) is 5.43. The summed E-state index contributed by atoms with van der Waals surface area (Å²) in [5.41, 5.74) is 2.90. The maximum atomic E-state index is 12.7. The number of fused-ring (bicyclic) bond motifs is 1. The van der Waals surface area contributed by atoms with Gasteiger partial charge in [0.15, 0.2) is 0 Å². The Labute approximate surface area is 178 Å². The van der Waals surface area contributed by atoms with E-state index in [0.29, 0.717) is 0 Å². The van der Waals surface area contributed by atoms with E-state index < -0.39 is 0 Å². The fourth-order valence-electron chi connectivity index (χ4n) is 3.76. The Balaban J connectivity index is 1.20. The molecule has 1 amide bonds. The lowest BCUT2D eigenvalue weighted by molar-refractivity contribution is -0.120. The molecule has 1 aliphatic rings. The second-order valence-electron chi connectivity index (χ2n) is 7.38. The molecule has 5 rings (SSSR count). The van der Waals surface area contributed by atoms with Crippen molar-refractivity contribution in [3.8, 4) is 10.6 Å². The van der Waals surface area contributed by atoms with Crippen molar-refractivity contribution in [2.75, 3.05) is 23.3 Å². The van der Waals surface area contributed by atoms with Crippen LogP contribution >= 0.6 is 11.3 Å². The number of nitrogens with one attached hydrogen (secondary N) is 1. The number of carbonyl (C=O) groups is 1. The summed E-state index contributed by atoms with van der Waals surface area (Å²) >= 11 is 1.68. The first kappa shape index (κ1) is 18.7. The van der Waals surface area contributed by atoms with Crippen LogP contribution in [-0.4, -0.2) is 33.9 Å². The number of hydrogen-bond acceptors (Lipinski definition) is 6. The molecule has 0 atom stereocenters. The Morgan fingerprint density at radius 1 is 1.03 bits per heavy atom. The second-order valence-corrected chi connectivity index (χ2v) is 8.41. The van der Waals surface area contributed by atoms with Gasteiger partial charge >= 0.3 is 0 Å². The van der Waals surface area contributed by atoms with Crippen LogP contribution in [0.4, 0.5) is 11.5 Å². The number of nitrogens with zero attached hydrogens (tertiary/aromatic N) is 4. The molecule has 1 fully saturated rings. The largest absolute Gasteiger partial charge is 0.355 e. The monoisotopic (exact) mass is 415 g/mol. The number of benzene rings is 2. The summed E-state index contributed by atoms with van der Waals surface area (Å²) in [6.45, 7) is 1.63. The molecule has 1 N–H and O–H groups in total. The minimum atomic E-state index is 0.0156. The van der Waals surface area contributed by atoms with Crippen molar-refractivity contribution >= 4 is 39.0 Å². The number of carbonyl (C=O) groups excluding carboxylic acids is 1. The molecule has 0 bridgehead atoms. The maximum absolute atomic E-state index is 12.7. The summed E-state index contributed by atoms with van der Waals surface area (Å²) in [6.07, 6.45) is 6.77. The molecule has 30 heavy (non-hydrogen) atoms. The van der Waals surface area contributed by atoms with Crippen molar-refractivity contribution in [1.82, 2.24) is 15.0 Å². The van der Waals surface area contributed by atoms with Crippen LogP contribution in [0, 0.1) is 5.92 Å². The number of thiazole rings is 1. The Morgan fingerprint density at radius 3 is 2.57 bits per heavy atom. The number of rotatable bonds is 4. The highest BCUT2D eigenvalue weighted by Crippen LogP contribution is 2.31. The zero-order valence-corrected chi connectivity index (χ0v) is 17.2. The van der Waals surface area contributed by atoms with E-state index in [1.807, 2.05) is 42.5 Å². The first-order valence-electron chi connectivity index (χ1n) is 10.0. The minimum absolute atomic E-state index is 0.0156. The summed E-state index contributed by atoms with van der Waals surface area (Å²) < 4.78 is 1.18. The number of aromatic nitrogens is 3. The number of hydrogen-bond donors (Lipinski definition) is 1. The van der Waals surface area contributed by atoms with E-state index >= 15 is 0 Å². The van der Waals surface area contributed by atoms with Gasteiger partial charge in [0.1, 0.15) is 10.8 Å². The Hall–Kier alpha value is -3.32. The van der Waals surface area contributed by atoms with Gasteiger partial charge in [-0.15, -0.1) is 11.3 Å². The van der Waals surface area contributed by atoms with E-state index in [4.69, 9.17) is 4.98 Å². The van der Waals surface area contributed by atoms with Crippen LogP contribution in [0.15, 0.2) is 67.1 Å². The molecule has 0 unspecified atom stereocenters. The van der Waals surface area contributed by atoms with Gasteiger partial charge in [0.25, 0.3) is 0 Å². The van der Waals surface area contributed by atoms with Crippen molar-refractivity contribution in [3.05, 3.63) is 67.1 Å². The van der Waals surface area contributed by atoms with Crippen molar-refractivity contribution < 1.29 is 4.79 Å². The molecular formula is C23H21N5OS. The van der Waals surface area contributed by atoms with Gasteiger partial charge in [0, 0.05) is 42.7 Å². The zero-order valence-electron chi connectivity index (χ0n) is 16.4. The van der Waals surface area contributed by atoms with Crippen molar-refractivity contribution in [2.24, 2.45) is 5.92 Å². The van der Waals surface area contributed by atoms with Gasteiger partial charge in [-0.1, -0.05) is 12.1 Å². The Morgan fingerprint density at radius 2 is 1.83 bits per heavy atom. The van der Waals surface area contributed by atoms with Crippen LogP contribution in [0.1, 0.15) is 12.8 Å². The van der Waals surface area contributed by atoms with Crippen LogP contribution in [0.5, 0.6) is 0 Å². The molecule has 4 aromatic rings. The van der Waals surface area contributed by atoms with Crippen LogP contribution in [0.2, 0.25) is 0 Å². The average Bonchev–Trinajstić information content (AvgIpc) is 3.25. The maximum Gasteiger partial charge on any atom is 0.227 e. The van der Waals surface area contributed by atoms with Gasteiger partial charge in [-0.25, -0.2) is 9.97 Å². The molecule has 6 nitrogen and oxygen atoms in total. The van der Waals surface area contributed by atoms with E-state index in [1.54, 1.807) is 29.9 Å². The summed E-state index contributed by atoms with van der Waals surface area (Å²) in [6, 6.07) is 16.1. The van der Waals surface area contributed by atoms with E-state index in [2.05, 4.69) is 26.3 Å². The average molecular weight is 416 g/mol. The molecule has 0 radical (unpaired) electrons. The lowest BCUT2D eigenvalue weighted by atomic mass is 9.96. The molecule has 7 heteroatoms. The predicted octanol–water partition coefficient (Wildman–Crippen LogP) is 4.61. The first-order valence-corrected chi connectivity index (χ1v) is 10.9. The molecule has 0 aliphatic carbocycles. The highest BCUT2D eigenvalue weighted by Gasteiger charge is 2.25. The van der Waals surface area contributed by atoms with E-state index in [-0.39, 0.29) is 11.8 Å². The van der Waals surface area contributed by atoms with E-state index in [9.17, 15) is 4.79 Å². The summed E-state index contributed by atoms with van der Waals surface area (Å²) in [5.74, 6) is 0.977. The number of anilines is 2. The topological polar surface area (TPSA) is 71.0 Å². The molecule has 0 saturated carbocycles. The fraction of sp³-hybridized carbons (Fsp3) is 0.217. The van der Waals surface area contributed by atoms with E-state index in [1.165, 1.54) is 4.70 Å². The lowest BCUT2D eigenvalue weighted by Crippen LogP contribution is -2.38. The standard InChI is InChI=1S/C23H21N5OS/c29-22(16-9-13-28(14-10-16)21-15-24-11-12-25-21)26-18-7-5-17(6-8-18)23-27-19-3-1-2-4-20(19)30-23/h1-8,11-12,15-16H,9-10,13-14H2,(H,26,29). The second kappa shape index (κ2) is 8.20. The van der Waals surface area contributed by atoms with Crippen LogP contribution in [-0.2, 0) is 4.79 Å². The van der Waals surface area contributed by atoms with Crippen molar-refractivity contribution in [3.63, 3.8) is 0 Å². The summed E-state index contributed by atoms with van der Waals surface area (Å²) in [7, 11) is 0. The number of piperidine rings is 1. The third-order valence-corrected chi connectivity index (χ3v) is 6.52. The lowest BCUT2D eigenvalue weighted by Gasteiger charge is -2.31. The molecule has 1 aliphatic heterocycles. The molecule has 2 aromatic carbocycles. The van der Waals surface area contributed by atoms with Gasteiger partial charge in [-0.3, -0.25) is 9.78 Å². The van der Waals surface area contributed by atoms with Gasteiger partial charge in [0.2, 0.25) is 5.91 Å². The van der Waals surface area contributed by atoms with Crippen LogP contribution in [0.3, 0.4) is 0 Å². The Bertz CT molecular complexity index is 1120. The highest BCUT2D eigenvalue weighted by atomic mass is 32.1. The van der Waals surface area contributed by atoms with Gasteiger partial charge in [-0.2, -0.15) is 0 Å². The summed E-state index contributed by atoms with van der Waals surface area (Å²) in [4.78, 5) is 28.1.